The van der Waals surface area contributed by atoms with Gasteiger partial charge in [-0.3, -0.25) is 0 Å². The first kappa shape index (κ1) is 31.5. The van der Waals surface area contributed by atoms with Crippen LogP contribution in [0.15, 0.2) is 140 Å². The second-order valence-corrected chi connectivity index (χ2v) is 17.9. The molecule has 1 nitrogen and oxygen atoms in total. The first-order valence-corrected chi connectivity index (χ1v) is 21.2. The maximum Gasteiger partial charge on any atom is 0.0468 e. The topological polar surface area (TPSA) is 3.24 Å². The van der Waals surface area contributed by atoms with Gasteiger partial charge in [0.1, 0.15) is 0 Å². The summed E-state index contributed by atoms with van der Waals surface area (Å²) in [6, 6.07) is 54.2. The van der Waals surface area contributed by atoms with Crippen LogP contribution in [0.2, 0.25) is 0 Å². The Bertz CT molecular complexity index is 2410. The molecule has 4 bridgehead atoms. The summed E-state index contributed by atoms with van der Waals surface area (Å²) in [4.78, 5) is 2.58. The first-order valence-electron chi connectivity index (χ1n) is 21.2. The van der Waals surface area contributed by atoms with Crippen molar-refractivity contribution in [2.45, 2.75) is 81.5 Å². The molecule has 0 aromatic heterocycles. The molecule has 6 aromatic carbocycles. The van der Waals surface area contributed by atoms with Gasteiger partial charge in [-0.05, 0) is 161 Å². The monoisotopic (exact) mass is 699 g/mol. The number of fused-ring (bicyclic) bond motifs is 15. The van der Waals surface area contributed by atoms with E-state index in [1.54, 1.807) is 16.7 Å². The van der Waals surface area contributed by atoms with E-state index in [1.165, 1.54) is 127 Å². The molecule has 2 spiro atoms. The van der Waals surface area contributed by atoms with Crippen LogP contribution >= 0.6 is 0 Å². The quantitative estimate of drug-likeness (QED) is 0.177. The zero-order valence-electron chi connectivity index (χ0n) is 31.3. The van der Waals surface area contributed by atoms with E-state index >= 15 is 0 Å². The average molecular weight is 700 g/mol. The fraction of sp³-hybridized carbons (Fsp3) is 0.321. The minimum Gasteiger partial charge on any atom is -0.310 e. The molecule has 0 amide bonds. The van der Waals surface area contributed by atoms with Gasteiger partial charge in [0, 0.05) is 27.9 Å². The zero-order valence-corrected chi connectivity index (χ0v) is 31.3. The van der Waals surface area contributed by atoms with Gasteiger partial charge in [0.15, 0.2) is 0 Å². The maximum atomic E-state index is 2.61. The molecule has 2 atom stereocenters. The number of rotatable bonds is 4. The fourth-order valence-electron chi connectivity index (χ4n) is 13.6. The highest BCUT2D eigenvalue weighted by Gasteiger charge is 2.58. The van der Waals surface area contributed by atoms with Crippen molar-refractivity contribution in [3.05, 3.63) is 162 Å². The summed E-state index contributed by atoms with van der Waals surface area (Å²) < 4.78 is 0. The van der Waals surface area contributed by atoms with E-state index in [4.69, 9.17) is 0 Å². The lowest BCUT2D eigenvalue weighted by Crippen LogP contribution is -2.46. The third-order valence-corrected chi connectivity index (χ3v) is 15.6. The van der Waals surface area contributed by atoms with E-state index in [0.717, 1.165) is 23.7 Å². The van der Waals surface area contributed by atoms with Gasteiger partial charge in [-0.2, -0.15) is 0 Å². The molecule has 6 aliphatic carbocycles. The van der Waals surface area contributed by atoms with E-state index in [2.05, 4.69) is 144 Å². The van der Waals surface area contributed by atoms with Crippen LogP contribution in [0.4, 0.5) is 17.1 Å². The van der Waals surface area contributed by atoms with Crippen molar-refractivity contribution in [2.24, 2.45) is 23.7 Å². The molecule has 0 aliphatic heterocycles. The predicted octanol–water partition coefficient (Wildman–Crippen LogP) is 14.2. The Hall–Kier alpha value is -4.88. The highest BCUT2D eigenvalue weighted by Crippen LogP contribution is 2.67. The van der Waals surface area contributed by atoms with E-state index < -0.39 is 0 Å². The maximum absolute atomic E-state index is 2.61. The summed E-state index contributed by atoms with van der Waals surface area (Å²) in [6.45, 7) is 0. The highest BCUT2D eigenvalue weighted by molar-refractivity contribution is 5.90. The minimum atomic E-state index is 0.124. The number of hydrogen-bond acceptors (Lipinski definition) is 1. The molecular formula is C53H49N. The molecule has 4 saturated carbocycles. The van der Waals surface area contributed by atoms with Gasteiger partial charge in [0.2, 0.25) is 0 Å². The van der Waals surface area contributed by atoms with Crippen molar-refractivity contribution in [3.63, 3.8) is 0 Å². The highest BCUT2D eigenvalue weighted by atomic mass is 15.1. The van der Waals surface area contributed by atoms with Gasteiger partial charge in [-0.25, -0.2) is 0 Å². The van der Waals surface area contributed by atoms with E-state index in [1.807, 2.05) is 0 Å². The molecule has 6 aromatic rings. The largest absolute Gasteiger partial charge is 0.310 e. The van der Waals surface area contributed by atoms with Crippen LogP contribution in [0, 0.1) is 23.7 Å². The van der Waals surface area contributed by atoms with Gasteiger partial charge in [-0.1, -0.05) is 129 Å². The van der Waals surface area contributed by atoms with E-state index in [-0.39, 0.29) is 10.8 Å². The van der Waals surface area contributed by atoms with Crippen LogP contribution in [0.1, 0.15) is 92.9 Å². The SMILES string of the molecule is c1ccc(-c2cccc(N(c3ccc4c(c3)-c3ccccc3C43C4CCC5CCC3CC(C5)C4)c3ccc4c(c3)C3(CCCC3)c3ccccc3-4)c2)cc1. The van der Waals surface area contributed by atoms with Crippen LogP contribution in [0.5, 0.6) is 0 Å². The fourth-order valence-corrected chi connectivity index (χ4v) is 13.6. The summed E-state index contributed by atoms with van der Waals surface area (Å²) in [6.07, 6.45) is 15.1. The molecule has 0 saturated heterocycles. The van der Waals surface area contributed by atoms with Gasteiger partial charge in [0.05, 0.1) is 0 Å². The Balaban J connectivity index is 1.06. The number of anilines is 3. The molecule has 1 heteroatoms. The van der Waals surface area contributed by atoms with Crippen LogP contribution in [0.25, 0.3) is 33.4 Å². The predicted molar refractivity (Wildman–Crippen MR) is 224 cm³/mol. The molecule has 0 heterocycles. The minimum absolute atomic E-state index is 0.124. The van der Waals surface area contributed by atoms with Gasteiger partial charge in [0.25, 0.3) is 0 Å². The number of nitrogens with zero attached hydrogens (tertiary/aromatic N) is 1. The Morgan fingerprint density at radius 3 is 1.81 bits per heavy atom. The molecule has 4 fully saturated rings. The smallest absolute Gasteiger partial charge is 0.0468 e. The summed E-state index contributed by atoms with van der Waals surface area (Å²) >= 11 is 0. The van der Waals surface area contributed by atoms with E-state index in [0.29, 0.717) is 0 Å². The molecule has 266 valence electrons. The summed E-state index contributed by atoms with van der Waals surface area (Å²) in [5.41, 5.74) is 18.8. The molecule has 2 unspecified atom stereocenters. The van der Waals surface area contributed by atoms with Crippen molar-refractivity contribution < 1.29 is 0 Å². The van der Waals surface area contributed by atoms with Crippen molar-refractivity contribution in [1.29, 1.82) is 0 Å². The zero-order chi connectivity index (χ0) is 35.4. The Morgan fingerprint density at radius 1 is 0.407 bits per heavy atom. The second kappa shape index (κ2) is 11.8. The van der Waals surface area contributed by atoms with Gasteiger partial charge in [-0.15, -0.1) is 0 Å². The van der Waals surface area contributed by atoms with E-state index in [9.17, 15) is 0 Å². The lowest BCUT2D eigenvalue weighted by Gasteiger charge is -2.51. The molecule has 0 N–H and O–H groups in total. The van der Waals surface area contributed by atoms with Crippen LogP contribution in [-0.2, 0) is 10.8 Å². The second-order valence-electron chi connectivity index (χ2n) is 17.9. The summed E-state index contributed by atoms with van der Waals surface area (Å²) in [7, 11) is 0. The Morgan fingerprint density at radius 2 is 1.02 bits per heavy atom. The Labute approximate surface area is 321 Å². The third kappa shape index (κ3) is 4.33. The number of benzene rings is 6. The van der Waals surface area contributed by atoms with Crippen LogP contribution in [0.3, 0.4) is 0 Å². The van der Waals surface area contributed by atoms with Gasteiger partial charge >= 0.3 is 0 Å². The standard InChI is InChI=1S/C53H49N/c1-2-11-37(12-3-1)38-13-10-14-41(32-38)54(43-23-25-46-44-15-4-6-17-48(44)52(51(46)34-43)27-8-9-28-52)42-24-26-50-47(33-42)45-16-5-7-18-49(45)53(50)39-21-19-35-20-22-40(53)31-36(29-35)30-39/h1-7,10-18,23-26,32-36,39-40H,8-9,19-22,27-31H2. The summed E-state index contributed by atoms with van der Waals surface area (Å²) in [5.74, 6) is 3.39. The van der Waals surface area contributed by atoms with Crippen LogP contribution in [-0.4, -0.2) is 0 Å². The van der Waals surface area contributed by atoms with Crippen molar-refractivity contribution >= 4 is 17.1 Å². The lowest BCUT2D eigenvalue weighted by atomic mass is 9.52. The molecule has 0 radical (unpaired) electrons. The Kier molecular flexibility index (Phi) is 6.88. The molecular weight excluding hydrogens is 651 g/mol. The lowest BCUT2D eigenvalue weighted by molar-refractivity contribution is 0.0973. The summed E-state index contributed by atoms with van der Waals surface area (Å²) in [5, 5.41) is 0. The molecule has 54 heavy (non-hydrogen) atoms. The normalized spacial score (nSPS) is 26.3. The molecule has 12 rings (SSSR count). The third-order valence-electron chi connectivity index (χ3n) is 15.6. The number of hydrogen-bond donors (Lipinski definition) is 0. The first-order chi connectivity index (χ1) is 26.7. The van der Waals surface area contributed by atoms with Crippen molar-refractivity contribution in [3.8, 4) is 33.4 Å². The van der Waals surface area contributed by atoms with Crippen molar-refractivity contribution in [2.75, 3.05) is 4.90 Å². The van der Waals surface area contributed by atoms with Gasteiger partial charge < -0.3 is 4.90 Å². The average Bonchev–Trinajstić information content (AvgIpc) is 3.82. The van der Waals surface area contributed by atoms with Crippen molar-refractivity contribution in [1.82, 2.24) is 0 Å². The van der Waals surface area contributed by atoms with Crippen LogP contribution < -0.4 is 4.90 Å². The molecule has 6 aliphatic rings.